The van der Waals surface area contributed by atoms with E-state index in [9.17, 15) is 4.79 Å². The molecule has 0 saturated heterocycles. The molecule has 4 nitrogen and oxygen atoms in total. The van der Waals surface area contributed by atoms with Crippen LogP contribution in [0.25, 0.3) is 0 Å². The van der Waals surface area contributed by atoms with Gasteiger partial charge in [0.05, 0.1) is 17.0 Å². The van der Waals surface area contributed by atoms with Crippen molar-refractivity contribution >= 4 is 23.1 Å². The number of aliphatic hydroxyl groups excluding tert-OH is 1. The third kappa shape index (κ3) is 3.91. The Hall–Kier alpha value is -2.16. The Kier molecular flexibility index (Phi) is 4.67. The first-order valence-electron chi connectivity index (χ1n) is 5.70. The van der Waals surface area contributed by atoms with Gasteiger partial charge >= 0.3 is 0 Å². The van der Waals surface area contributed by atoms with Crippen molar-refractivity contribution in [3.63, 3.8) is 0 Å². The van der Waals surface area contributed by atoms with Crippen LogP contribution in [-0.2, 0) is 0 Å². The van der Waals surface area contributed by atoms with E-state index >= 15 is 0 Å². The molecule has 2 N–H and O–H groups in total. The molecule has 0 spiro atoms. The largest absolute Gasteiger partial charge is 0.395 e. The van der Waals surface area contributed by atoms with Gasteiger partial charge in [0.15, 0.2) is 0 Å². The highest BCUT2D eigenvalue weighted by Gasteiger charge is 2.08. The molecule has 2 rings (SSSR count). The normalized spacial score (nSPS) is 9.53. The lowest BCUT2D eigenvalue weighted by Crippen LogP contribution is -2.11. The Balaban J connectivity index is 2.03. The first kappa shape index (κ1) is 13.3. The van der Waals surface area contributed by atoms with E-state index in [1.165, 1.54) is 11.3 Å². The van der Waals surface area contributed by atoms with Crippen LogP contribution in [0, 0.1) is 11.8 Å². The van der Waals surface area contributed by atoms with E-state index in [0.717, 1.165) is 4.88 Å². The van der Waals surface area contributed by atoms with Gasteiger partial charge in [0.1, 0.15) is 5.82 Å². The number of aliphatic hydroxyl groups is 1. The first-order valence-corrected chi connectivity index (χ1v) is 6.58. The van der Waals surface area contributed by atoms with Crippen molar-refractivity contribution in [2.75, 3.05) is 11.9 Å². The lowest BCUT2D eigenvalue weighted by Gasteiger charge is -2.00. The van der Waals surface area contributed by atoms with Crippen molar-refractivity contribution in [1.82, 2.24) is 4.98 Å². The van der Waals surface area contributed by atoms with Crippen LogP contribution in [0.2, 0.25) is 0 Å². The molecule has 0 aliphatic carbocycles. The van der Waals surface area contributed by atoms with Crippen molar-refractivity contribution < 1.29 is 9.90 Å². The van der Waals surface area contributed by atoms with Gasteiger partial charge in [-0.15, -0.1) is 11.3 Å². The second-order valence-corrected chi connectivity index (χ2v) is 4.56. The average molecular weight is 272 g/mol. The molecule has 2 aromatic heterocycles. The number of hydrogen-bond acceptors (Lipinski definition) is 4. The minimum Gasteiger partial charge on any atom is -0.395 e. The number of nitrogens with zero attached hydrogens (tertiary/aromatic N) is 1. The minimum atomic E-state index is -0.204. The number of hydrogen-bond donors (Lipinski definition) is 2. The van der Waals surface area contributed by atoms with Gasteiger partial charge in [-0.1, -0.05) is 17.9 Å². The van der Waals surface area contributed by atoms with Crippen LogP contribution in [0.3, 0.4) is 0 Å². The summed E-state index contributed by atoms with van der Waals surface area (Å²) in [5.74, 6) is 6.03. The summed E-state index contributed by atoms with van der Waals surface area (Å²) in [5.41, 5.74) is 0.559. The van der Waals surface area contributed by atoms with Crippen LogP contribution in [0.4, 0.5) is 5.82 Å². The number of aromatic nitrogens is 1. The lowest BCUT2D eigenvalue weighted by molar-refractivity contribution is 0.102. The maximum Gasteiger partial charge on any atom is 0.257 e. The lowest BCUT2D eigenvalue weighted by atomic mass is 10.3. The summed E-state index contributed by atoms with van der Waals surface area (Å²) in [6.45, 7) is 0.0470. The van der Waals surface area contributed by atoms with Crippen LogP contribution < -0.4 is 5.32 Å². The predicted molar refractivity (Wildman–Crippen MR) is 75.1 cm³/mol. The van der Waals surface area contributed by atoms with Gasteiger partial charge in [0.25, 0.3) is 5.91 Å². The monoisotopic (exact) mass is 272 g/mol. The second-order valence-electron chi connectivity index (χ2n) is 3.64. The predicted octanol–water partition coefficient (Wildman–Crippen LogP) is 2.13. The molecule has 1 amide bonds. The van der Waals surface area contributed by atoms with Gasteiger partial charge in [0, 0.05) is 18.0 Å². The molecule has 0 bridgehead atoms. The van der Waals surface area contributed by atoms with Crippen molar-refractivity contribution in [3.05, 3.63) is 46.3 Å². The molecule has 0 unspecified atom stereocenters. The summed E-state index contributed by atoms with van der Waals surface area (Å²) in [7, 11) is 0. The molecule has 0 atom stereocenters. The molecule has 19 heavy (non-hydrogen) atoms. The van der Waals surface area contributed by atoms with Gasteiger partial charge in [-0.2, -0.15) is 0 Å². The van der Waals surface area contributed by atoms with E-state index in [1.807, 2.05) is 6.07 Å². The number of anilines is 1. The Morgan fingerprint density at radius 1 is 1.47 bits per heavy atom. The Bertz CT molecular complexity index is 611. The van der Waals surface area contributed by atoms with Gasteiger partial charge in [-0.3, -0.25) is 4.79 Å². The molecule has 0 fully saturated rings. The summed E-state index contributed by atoms with van der Waals surface area (Å²) in [6, 6.07) is 7.05. The van der Waals surface area contributed by atoms with E-state index < -0.39 is 0 Å². The van der Waals surface area contributed by atoms with Crippen LogP contribution in [0.15, 0.2) is 35.8 Å². The van der Waals surface area contributed by atoms with Crippen LogP contribution >= 0.6 is 11.3 Å². The Labute approximate surface area is 115 Å². The summed E-state index contributed by atoms with van der Waals surface area (Å²) in [5, 5.41) is 13.1. The number of nitrogens with one attached hydrogen (secondary N) is 1. The van der Waals surface area contributed by atoms with E-state index in [1.54, 1.807) is 29.8 Å². The number of amides is 1. The van der Waals surface area contributed by atoms with Crippen molar-refractivity contribution in [2.45, 2.75) is 6.42 Å². The van der Waals surface area contributed by atoms with Crippen molar-refractivity contribution in [2.24, 2.45) is 0 Å². The summed E-state index contributed by atoms with van der Waals surface area (Å²) in [6.07, 6.45) is 2.06. The molecule has 2 heterocycles. The molecule has 96 valence electrons. The highest BCUT2D eigenvalue weighted by molar-refractivity contribution is 7.10. The molecule has 0 saturated carbocycles. The number of rotatable bonds is 3. The number of carbonyl (C=O) groups excluding carboxylic acids is 1. The zero-order valence-electron chi connectivity index (χ0n) is 10.1. The molecule has 2 aromatic rings. The molecule has 0 aromatic carbocycles. The molecule has 5 heteroatoms. The molecular weight excluding hydrogens is 260 g/mol. The first-order chi connectivity index (χ1) is 9.29. The fourth-order valence-corrected chi connectivity index (χ4v) is 2.11. The highest BCUT2D eigenvalue weighted by Crippen LogP contribution is 2.15. The standard InChI is InChI=1S/C14H12N2O2S/c17-8-4-2-5-12-9-11(10-19-12)14(18)16-13-6-1-3-7-15-13/h1,3,6-7,9-10,17H,4,8H2,(H,15,16,18). The topological polar surface area (TPSA) is 62.2 Å². The molecular formula is C14H12N2O2S. The zero-order chi connectivity index (χ0) is 13.5. The minimum absolute atomic E-state index is 0.0470. The van der Waals surface area contributed by atoms with Gasteiger partial charge in [-0.25, -0.2) is 4.98 Å². The summed E-state index contributed by atoms with van der Waals surface area (Å²) < 4.78 is 0. The van der Waals surface area contributed by atoms with Crippen molar-refractivity contribution in [1.29, 1.82) is 0 Å². The highest BCUT2D eigenvalue weighted by atomic mass is 32.1. The fourth-order valence-electron chi connectivity index (χ4n) is 1.35. The molecule has 0 aliphatic heterocycles. The van der Waals surface area contributed by atoms with E-state index in [4.69, 9.17) is 5.11 Å². The van der Waals surface area contributed by atoms with Gasteiger partial charge < -0.3 is 10.4 Å². The van der Waals surface area contributed by atoms with Crippen LogP contribution in [-0.4, -0.2) is 22.6 Å². The molecule has 0 radical (unpaired) electrons. The zero-order valence-corrected chi connectivity index (χ0v) is 10.9. The third-order valence-electron chi connectivity index (χ3n) is 2.22. The third-order valence-corrected chi connectivity index (χ3v) is 3.06. The SMILES string of the molecule is O=C(Nc1ccccn1)c1csc(C#CCCO)c1. The van der Waals surface area contributed by atoms with Gasteiger partial charge in [0.2, 0.25) is 0 Å². The van der Waals surface area contributed by atoms with E-state index in [-0.39, 0.29) is 12.5 Å². The van der Waals surface area contributed by atoms with E-state index in [0.29, 0.717) is 17.8 Å². The Morgan fingerprint density at radius 3 is 3.11 bits per heavy atom. The maximum atomic E-state index is 11.9. The number of thiophene rings is 1. The number of carbonyl (C=O) groups is 1. The van der Waals surface area contributed by atoms with Crippen LogP contribution in [0.5, 0.6) is 0 Å². The number of pyridine rings is 1. The summed E-state index contributed by atoms with van der Waals surface area (Å²) in [4.78, 5) is 16.8. The fraction of sp³-hybridized carbons (Fsp3) is 0.143. The molecule has 0 aliphatic rings. The maximum absolute atomic E-state index is 11.9. The smallest absolute Gasteiger partial charge is 0.257 e. The average Bonchev–Trinajstić information content (AvgIpc) is 2.89. The van der Waals surface area contributed by atoms with E-state index in [2.05, 4.69) is 22.1 Å². The van der Waals surface area contributed by atoms with Gasteiger partial charge in [-0.05, 0) is 18.2 Å². The quantitative estimate of drug-likeness (QED) is 0.841. The van der Waals surface area contributed by atoms with Crippen LogP contribution in [0.1, 0.15) is 21.7 Å². The summed E-state index contributed by atoms with van der Waals surface area (Å²) >= 11 is 1.40. The second kappa shape index (κ2) is 6.69. The Morgan fingerprint density at radius 2 is 2.37 bits per heavy atom. The van der Waals surface area contributed by atoms with Crippen molar-refractivity contribution in [3.8, 4) is 11.8 Å².